The molecule has 3 aromatic carbocycles. The summed E-state index contributed by atoms with van der Waals surface area (Å²) in [6.07, 6.45) is 0.334. The molecule has 7 nitrogen and oxygen atoms in total. The number of esters is 1. The summed E-state index contributed by atoms with van der Waals surface area (Å²) in [5, 5.41) is 24.3. The van der Waals surface area contributed by atoms with Crippen LogP contribution in [-0.4, -0.2) is 46.0 Å². The van der Waals surface area contributed by atoms with Gasteiger partial charge in [-0.25, -0.2) is 8.78 Å². The van der Waals surface area contributed by atoms with Crippen LogP contribution in [0.1, 0.15) is 48.9 Å². The first-order chi connectivity index (χ1) is 21.0. The van der Waals surface area contributed by atoms with Gasteiger partial charge in [-0.2, -0.15) is 0 Å². The highest BCUT2D eigenvalue weighted by atomic mass is 35.5. The number of hydrogen-bond acceptors (Lipinski definition) is 5. The highest BCUT2D eigenvalue weighted by molar-refractivity contribution is 6.31. The third kappa shape index (κ3) is 7.79. The average molecular weight is 623 g/mol. The first kappa shape index (κ1) is 32.6. The van der Waals surface area contributed by atoms with E-state index in [1.54, 1.807) is 59.2 Å². The molecular weight excluding hydrogens is 590 g/mol. The Kier molecular flexibility index (Phi) is 10.7. The lowest BCUT2D eigenvalue weighted by atomic mass is 9.94. The summed E-state index contributed by atoms with van der Waals surface area (Å²) < 4.78 is 34.5. The maximum absolute atomic E-state index is 14.1. The number of carbonyl (C=O) groups excluding carboxylic acids is 2. The van der Waals surface area contributed by atoms with Gasteiger partial charge in [0.05, 0.1) is 25.7 Å². The number of rotatable bonds is 11. The van der Waals surface area contributed by atoms with Gasteiger partial charge in [0.15, 0.2) is 0 Å². The van der Waals surface area contributed by atoms with Crippen molar-refractivity contribution in [2.45, 2.75) is 44.9 Å². The Hall–Kier alpha value is -4.31. The number of nitrogens with zero attached hydrogens (tertiary/aromatic N) is 1. The minimum absolute atomic E-state index is 0.146. The molecule has 1 aromatic heterocycles. The first-order valence-corrected chi connectivity index (χ1v) is 14.3. The van der Waals surface area contributed by atoms with Crippen LogP contribution in [0.5, 0.6) is 0 Å². The van der Waals surface area contributed by atoms with Crippen molar-refractivity contribution in [2.75, 3.05) is 12.4 Å². The standard InChI is InChI=1S/C34H33ClF2N2O5/c1-20(2)39-29(16-15-27(40)18-28(41)19-30(42)44-3)31(21-7-11-24(36)12-8-21)32(22-9-13-25(37)14-10-22)33(39)34(43)38-26-6-4-5-23(35)17-26/h4-17,20,27-28,40-41H,18-19H2,1-3H3,(H,38,43)/b16-15+/t27-,28-/m1/s1. The van der Waals surface area contributed by atoms with E-state index in [-0.39, 0.29) is 24.6 Å². The van der Waals surface area contributed by atoms with Crippen LogP contribution in [0.4, 0.5) is 14.5 Å². The molecule has 0 aliphatic carbocycles. The molecule has 1 amide bonds. The largest absolute Gasteiger partial charge is 0.469 e. The van der Waals surface area contributed by atoms with Gasteiger partial charge in [-0.15, -0.1) is 0 Å². The van der Waals surface area contributed by atoms with Crippen molar-refractivity contribution in [3.8, 4) is 22.3 Å². The lowest BCUT2D eigenvalue weighted by Crippen LogP contribution is -2.20. The quantitative estimate of drug-likeness (QED) is 0.153. The van der Waals surface area contributed by atoms with E-state index in [4.69, 9.17) is 11.6 Å². The van der Waals surface area contributed by atoms with Crippen molar-refractivity contribution < 1.29 is 33.3 Å². The van der Waals surface area contributed by atoms with Gasteiger partial charge in [-0.1, -0.05) is 48.0 Å². The molecule has 0 unspecified atom stereocenters. The predicted molar refractivity (Wildman–Crippen MR) is 167 cm³/mol. The Morgan fingerprint density at radius 3 is 2.09 bits per heavy atom. The molecule has 0 fully saturated rings. The normalized spacial score (nSPS) is 12.8. The number of amides is 1. The van der Waals surface area contributed by atoms with Gasteiger partial charge >= 0.3 is 5.97 Å². The van der Waals surface area contributed by atoms with E-state index >= 15 is 0 Å². The number of nitrogens with one attached hydrogen (secondary N) is 1. The SMILES string of the molecule is COC(=O)C[C@H](O)C[C@H](O)/C=C/c1c(-c2ccc(F)cc2)c(-c2ccc(F)cc2)c(C(=O)Nc2cccc(Cl)c2)n1C(C)C. The van der Waals surface area contributed by atoms with Crippen molar-refractivity contribution >= 4 is 35.2 Å². The third-order valence-electron chi connectivity index (χ3n) is 6.94. The fraction of sp³-hybridized carbons (Fsp3) is 0.235. The van der Waals surface area contributed by atoms with Crippen LogP contribution in [0.15, 0.2) is 78.9 Å². The molecule has 0 aliphatic rings. The molecule has 0 spiro atoms. The van der Waals surface area contributed by atoms with E-state index in [0.29, 0.717) is 38.7 Å². The molecule has 0 aliphatic heterocycles. The van der Waals surface area contributed by atoms with Crippen LogP contribution >= 0.6 is 11.6 Å². The van der Waals surface area contributed by atoms with E-state index in [1.807, 2.05) is 13.8 Å². The Labute approximate surface area is 259 Å². The number of methoxy groups -OCH3 is 1. The third-order valence-corrected chi connectivity index (χ3v) is 7.18. The molecule has 3 N–H and O–H groups in total. The summed E-state index contributed by atoms with van der Waals surface area (Å²) in [5.41, 5.74) is 3.31. The molecular formula is C34H33ClF2N2O5. The van der Waals surface area contributed by atoms with E-state index < -0.39 is 35.7 Å². The van der Waals surface area contributed by atoms with E-state index in [1.165, 1.54) is 37.5 Å². The zero-order valence-electron chi connectivity index (χ0n) is 24.4. The van der Waals surface area contributed by atoms with Gasteiger partial charge < -0.3 is 24.8 Å². The summed E-state index contributed by atoms with van der Waals surface area (Å²) in [4.78, 5) is 25.7. The minimum Gasteiger partial charge on any atom is -0.469 e. The molecule has 0 saturated carbocycles. The van der Waals surface area contributed by atoms with Crippen LogP contribution in [0.3, 0.4) is 0 Å². The summed E-state index contributed by atoms with van der Waals surface area (Å²) >= 11 is 6.16. The van der Waals surface area contributed by atoms with E-state index in [0.717, 1.165) is 0 Å². The number of aliphatic hydroxyl groups is 2. The van der Waals surface area contributed by atoms with Crippen LogP contribution < -0.4 is 5.32 Å². The topological polar surface area (TPSA) is 101 Å². The summed E-state index contributed by atoms with van der Waals surface area (Å²) in [5.74, 6) is -2.00. The summed E-state index contributed by atoms with van der Waals surface area (Å²) in [6.45, 7) is 3.76. The van der Waals surface area contributed by atoms with Gasteiger partial charge in [-0.05, 0) is 73.5 Å². The first-order valence-electron chi connectivity index (χ1n) is 14.0. The second kappa shape index (κ2) is 14.4. The molecule has 230 valence electrons. The van der Waals surface area contributed by atoms with Crippen LogP contribution in [0.25, 0.3) is 28.3 Å². The number of hydrogen-bond donors (Lipinski definition) is 3. The van der Waals surface area contributed by atoms with Crippen LogP contribution in [-0.2, 0) is 9.53 Å². The number of benzene rings is 3. The molecule has 4 aromatic rings. The number of anilines is 1. The number of aromatic nitrogens is 1. The maximum Gasteiger partial charge on any atom is 0.308 e. The lowest BCUT2D eigenvalue weighted by molar-refractivity contribution is -0.143. The Morgan fingerprint density at radius 2 is 1.55 bits per heavy atom. The van der Waals surface area contributed by atoms with Gasteiger partial charge in [0.2, 0.25) is 0 Å². The number of aliphatic hydroxyl groups excluding tert-OH is 2. The molecule has 1 heterocycles. The van der Waals surface area contributed by atoms with Gasteiger partial charge in [-0.3, -0.25) is 9.59 Å². The second-order valence-electron chi connectivity index (χ2n) is 10.5. The Balaban J connectivity index is 1.95. The Bertz CT molecular complexity index is 1650. The highest BCUT2D eigenvalue weighted by Crippen LogP contribution is 2.43. The number of halogens is 3. The van der Waals surface area contributed by atoms with Crippen molar-refractivity contribution in [3.63, 3.8) is 0 Å². The molecule has 0 bridgehead atoms. The van der Waals surface area contributed by atoms with Crippen LogP contribution in [0.2, 0.25) is 5.02 Å². The molecule has 2 atom stereocenters. The monoisotopic (exact) mass is 622 g/mol. The molecule has 10 heteroatoms. The van der Waals surface area contributed by atoms with Crippen molar-refractivity contribution in [3.05, 3.63) is 107 Å². The molecule has 0 saturated heterocycles. The number of carbonyl (C=O) groups is 2. The van der Waals surface area contributed by atoms with Gasteiger partial charge in [0, 0.05) is 40.0 Å². The van der Waals surface area contributed by atoms with E-state index in [2.05, 4.69) is 10.1 Å². The smallest absolute Gasteiger partial charge is 0.308 e. The second-order valence-corrected chi connectivity index (χ2v) is 11.0. The molecule has 0 radical (unpaired) electrons. The highest BCUT2D eigenvalue weighted by Gasteiger charge is 2.29. The van der Waals surface area contributed by atoms with Crippen molar-refractivity contribution in [2.24, 2.45) is 0 Å². The predicted octanol–water partition coefficient (Wildman–Crippen LogP) is 7.28. The molecule has 44 heavy (non-hydrogen) atoms. The molecule has 4 rings (SSSR count). The summed E-state index contributed by atoms with van der Waals surface area (Å²) in [6, 6.07) is 17.8. The fourth-order valence-electron chi connectivity index (χ4n) is 5.01. The van der Waals surface area contributed by atoms with Crippen molar-refractivity contribution in [1.29, 1.82) is 0 Å². The van der Waals surface area contributed by atoms with Crippen molar-refractivity contribution in [1.82, 2.24) is 4.57 Å². The number of ether oxygens (including phenoxy) is 1. The Morgan fingerprint density at radius 1 is 0.955 bits per heavy atom. The average Bonchev–Trinajstić information content (AvgIpc) is 3.32. The van der Waals surface area contributed by atoms with Crippen LogP contribution in [0, 0.1) is 11.6 Å². The van der Waals surface area contributed by atoms with Gasteiger partial charge in [0.1, 0.15) is 17.3 Å². The zero-order chi connectivity index (χ0) is 32.0. The van der Waals surface area contributed by atoms with E-state index in [9.17, 15) is 28.6 Å². The minimum atomic E-state index is -1.16. The maximum atomic E-state index is 14.1. The fourth-order valence-corrected chi connectivity index (χ4v) is 5.20. The summed E-state index contributed by atoms with van der Waals surface area (Å²) in [7, 11) is 1.21. The van der Waals surface area contributed by atoms with Gasteiger partial charge in [0.25, 0.3) is 5.91 Å². The zero-order valence-corrected chi connectivity index (χ0v) is 25.2. The lowest BCUT2D eigenvalue weighted by Gasteiger charge is -2.17.